The molecular formula is C18H20N2O. The third-order valence-electron chi connectivity index (χ3n) is 4.13. The topological polar surface area (TPSA) is 32.3 Å². The quantitative estimate of drug-likeness (QED) is 0.917. The first-order valence-corrected chi connectivity index (χ1v) is 7.35. The van der Waals surface area contributed by atoms with Crippen LogP contribution in [-0.4, -0.2) is 19.0 Å². The molecule has 0 bridgehead atoms. The first-order chi connectivity index (χ1) is 10.2. The molecule has 0 aromatic heterocycles. The normalized spacial score (nSPS) is 21.8. The minimum Gasteiger partial charge on any atom is -0.308 e. The molecule has 1 amide bonds. The molecule has 1 heterocycles. The minimum atomic E-state index is -0.286. The Morgan fingerprint density at radius 2 is 1.71 bits per heavy atom. The Balaban J connectivity index is 2.08. The van der Waals surface area contributed by atoms with Crippen LogP contribution in [0.2, 0.25) is 0 Å². The lowest BCUT2D eigenvalue weighted by Crippen LogP contribution is -2.43. The molecule has 0 saturated carbocycles. The Labute approximate surface area is 125 Å². The zero-order chi connectivity index (χ0) is 14.8. The van der Waals surface area contributed by atoms with Gasteiger partial charge in [0.15, 0.2) is 0 Å². The van der Waals surface area contributed by atoms with Crippen LogP contribution in [0.4, 0.5) is 5.69 Å². The van der Waals surface area contributed by atoms with Gasteiger partial charge in [0.1, 0.15) is 6.04 Å². The van der Waals surface area contributed by atoms with Gasteiger partial charge in [-0.25, -0.2) is 0 Å². The number of anilines is 1. The largest absolute Gasteiger partial charge is 0.308 e. The van der Waals surface area contributed by atoms with Crippen molar-refractivity contribution < 1.29 is 4.79 Å². The van der Waals surface area contributed by atoms with E-state index in [1.54, 1.807) is 0 Å². The molecular weight excluding hydrogens is 260 g/mol. The summed E-state index contributed by atoms with van der Waals surface area (Å²) in [7, 11) is 1.85. The molecule has 2 aromatic rings. The van der Waals surface area contributed by atoms with E-state index < -0.39 is 0 Å². The number of hydrogen-bond acceptors (Lipinski definition) is 2. The second-order valence-electron chi connectivity index (χ2n) is 5.52. The van der Waals surface area contributed by atoms with Crippen LogP contribution in [0.1, 0.15) is 24.1 Å². The second kappa shape index (κ2) is 5.70. The molecule has 0 aliphatic carbocycles. The fourth-order valence-electron chi connectivity index (χ4n) is 3.15. The smallest absolute Gasteiger partial charge is 0.248 e. The van der Waals surface area contributed by atoms with E-state index in [0.29, 0.717) is 0 Å². The van der Waals surface area contributed by atoms with Gasteiger partial charge in [0.2, 0.25) is 5.91 Å². The summed E-state index contributed by atoms with van der Waals surface area (Å²) in [6.45, 7) is 2.11. The lowest BCUT2D eigenvalue weighted by molar-refractivity contribution is -0.120. The van der Waals surface area contributed by atoms with E-state index in [9.17, 15) is 4.79 Å². The van der Waals surface area contributed by atoms with Gasteiger partial charge in [-0.05, 0) is 43.7 Å². The fourth-order valence-corrected chi connectivity index (χ4v) is 3.15. The van der Waals surface area contributed by atoms with Gasteiger partial charge >= 0.3 is 0 Å². The van der Waals surface area contributed by atoms with Gasteiger partial charge in [-0.3, -0.25) is 4.79 Å². The third-order valence-corrected chi connectivity index (χ3v) is 4.13. The van der Waals surface area contributed by atoms with Crippen LogP contribution in [0.5, 0.6) is 0 Å². The average molecular weight is 280 g/mol. The van der Waals surface area contributed by atoms with E-state index in [1.807, 2.05) is 54.4 Å². The summed E-state index contributed by atoms with van der Waals surface area (Å²) in [4.78, 5) is 14.9. The van der Waals surface area contributed by atoms with Crippen molar-refractivity contribution in [3.05, 3.63) is 65.7 Å². The van der Waals surface area contributed by atoms with Crippen LogP contribution >= 0.6 is 0 Å². The highest BCUT2D eigenvalue weighted by atomic mass is 16.2. The lowest BCUT2D eigenvalue weighted by Gasteiger charge is -2.29. The minimum absolute atomic E-state index is 0.112. The number of para-hydroxylation sites is 1. The molecule has 0 fully saturated rings. The van der Waals surface area contributed by atoms with Crippen molar-refractivity contribution >= 4 is 11.6 Å². The number of carbonyl (C=O) groups is 1. The predicted octanol–water partition coefficient (Wildman–Crippen LogP) is 2.92. The molecule has 1 N–H and O–H groups in total. The maximum atomic E-state index is 13.0. The Kier molecular flexibility index (Phi) is 3.76. The maximum absolute atomic E-state index is 13.0. The zero-order valence-electron chi connectivity index (χ0n) is 12.4. The van der Waals surface area contributed by atoms with Gasteiger partial charge in [-0.2, -0.15) is 0 Å². The summed E-state index contributed by atoms with van der Waals surface area (Å²) in [5.74, 6) is 0.112. The summed E-state index contributed by atoms with van der Waals surface area (Å²) in [6.07, 6.45) is 0.870. The zero-order valence-corrected chi connectivity index (χ0v) is 12.4. The highest BCUT2D eigenvalue weighted by Crippen LogP contribution is 2.30. The van der Waals surface area contributed by atoms with Crippen molar-refractivity contribution in [2.75, 3.05) is 11.9 Å². The monoisotopic (exact) mass is 280 g/mol. The summed E-state index contributed by atoms with van der Waals surface area (Å²) in [5.41, 5.74) is 3.30. The highest BCUT2D eigenvalue weighted by Gasteiger charge is 2.33. The van der Waals surface area contributed by atoms with E-state index >= 15 is 0 Å². The maximum Gasteiger partial charge on any atom is 0.248 e. The van der Waals surface area contributed by atoms with Gasteiger partial charge < -0.3 is 10.2 Å². The summed E-state index contributed by atoms with van der Waals surface area (Å²) in [5, 5.41) is 3.18. The number of amides is 1. The van der Waals surface area contributed by atoms with Crippen LogP contribution in [0.25, 0.3) is 0 Å². The van der Waals surface area contributed by atoms with Crippen molar-refractivity contribution in [3.63, 3.8) is 0 Å². The average Bonchev–Trinajstić information content (AvgIpc) is 2.61. The van der Waals surface area contributed by atoms with Crippen molar-refractivity contribution in [1.82, 2.24) is 5.32 Å². The molecule has 3 nitrogen and oxygen atoms in total. The van der Waals surface area contributed by atoms with Crippen LogP contribution in [0.3, 0.4) is 0 Å². The summed E-state index contributed by atoms with van der Waals surface area (Å²) in [6, 6.07) is 18.0. The molecule has 2 unspecified atom stereocenters. The van der Waals surface area contributed by atoms with Gasteiger partial charge in [0.05, 0.1) is 0 Å². The van der Waals surface area contributed by atoms with Crippen molar-refractivity contribution in [1.29, 1.82) is 0 Å². The van der Waals surface area contributed by atoms with Gasteiger partial charge in [-0.15, -0.1) is 0 Å². The molecule has 1 aliphatic heterocycles. The fraction of sp³-hybridized carbons (Fsp3) is 0.278. The standard InChI is InChI=1S/C18H20N2O/c1-13-12-14-8-6-7-11-16(14)17(19-2)18(21)20(13)15-9-4-3-5-10-15/h3-11,13,17,19H,12H2,1-2H3. The number of nitrogens with one attached hydrogen (secondary N) is 1. The molecule has 0 saturated heterocycles. The van der Waals surface area contributed by atoms with Crippen LogP contribution in [-0.2, 0) is 11.2 Å². The first kappa shape index (κ1) is 13.8. The lowest BCUT2D eigenvalue weighted by atomic mass is 9.98. The van der Waals surface area contributed by atoms with Crippen molar-refractivity contribution in [2.24, 2.45) is 0 Å². The second-order valence-corrected chi connectivity index (χ2v) is 5.52. The first-order valence-electron chi connectivity index (χ1n) is 7.35. The highest BCUT2D eigenvalue weighted by molar-refractivity contribution is 5.99. The predicted molar refractivity (Wildman–Crippen MR) is 85.3 cm³/mol. The van der Waals surface area contributed by atoms with E-state index in [1.165, 1.54) is 5.56 Å². The molecule has 2 aromatic carbocycles. The Morgan fingerprint density at radius 3 is 2.43 bits per heavy atom. The number of fused-ring (bicyclic) bond motifs is 1. The molecule has 1 aliphatic rings. The number of rotatable bonds is 2. The van der Waals surface area contributed by atoms with Crippen LogP contribution in [0.15, 0.2) is 54.6 Å². The van der Waals surface area contributed by atoms with Gasteiger partial charge in [0, 0.05) is 11.7 Å². The van der Waals surface area contributed by atoms with Crippen LogP contribution in [0, 0.1) is 0 Å². The molecule has 0 radical (unpaired) electrons. The van der Waals surface area contributed by atoms with Crippen LogP contribution < -0.4 is 10.2 Å². The van der Waals surface area contributed by atoms with E-state index in [2.05, 4.69) is 24.4 Å². The number of carbonyl (C=O) groups excluding carboxylic acids is 1. The van der Waals surface area contributed by atoms with Gasteiger partial charge in [0.25, 0.3) is 0 Å². The molecule has 2 atom stereocenters. The number of benzene rings is 2. The molecule has 3 rings (SSSR count). The SMILES string of the molecule is CNC1C(=O)N(c2ccccc2)C(C)Cc2ccccc21. The van der Waals surface area contributed by atoms with E-state index in [0.717, 1.165) is 17.7 Å². The Bertz CT molecular complexity index is 639. The summed E-state index contributed by atoms with van der Waals surface area (Å²) >= 11 is 0. The van der Waals surface area contributed by atoms with E-state index in [4.69, 9.17) is 0 Å². The van der Waals surface area contributed by atoms with Crippen molar-refractivity contribution in [2.45, 2.75) is 25.4 Å². The van der Waals surface area contributed by atoms with Gasteiger partial charge in [-0.1, -0.05) is 42.5 Å². The number of nitrogens with zero attached hydrogens (tertiary/aromatic N) is 1. The number of likely N-dealkylation sites (N-methyl/N-ethyl adjacent to an activating group) is 1. The molecule has 108 valence electrons. The number of hydrogen-bond donors (Lipinski definition) is 1. The van der Waals surface area contributed by atoms with Crippen molar-refractivity contribution in [3.8, 4) is 0 Å². The third kappa shape index (κ3) is 2.45. The molecule has 0 spiro atoms. The van der Waals surface area contributed by atoms with E-state index in [-0.39, 0.29) is 18.0 Å². The Morgan fingerprint density at radius 1 is 1.05 bits per heavy atom. The Hall–Kier alpha value is -2.13. The summed E-state index contributed by atoms with van der Waals surface area (Å²) < 4.78 is 0. The molecule has 21 heavy (non-hydrogen) atoms. The molecule has 3 heteroatoms.